The predicted octanol–water partition coefficient (Wildman–Crippen LogP) is 1.35. The summed E-state index contributed by atoms with van der Waals surface area (Å²) in [6.45, 7) is 0.780. The van der Waals surface area contributed by atoms with Crippen LogP contribution in [0.15, 0.2) is 18.6 Å². The molecule has 28 heavy (non-hydrogen) atoms. The van der Waals surface area contributed by atoms with Crippen LogP contribution in [0.4, 0.5) is 19.0 Å². The number of anilines is 1. The Morgan fingerprint density at radius 3 is 2.89 bits per heavy atom. The van der Waals surface area contributed by atoms with Gasteiger partial charge in [0.2, 0.25) is 10.0 Å². The van der Waals surface area contributed by atoms with Gasteiger partial charge < -0.3 is 9.88 Å². The maximum absolute atomic E-state index is 12.5. The Labute approximate surface area is 157 Å². The molecule has 0 aliphatic carbocycles. The minimum Gasteiger partial charge on any atom is -0.354 e. The van der Waals surface area contributed by atoms with Crippen molar-refractivity contribution in [1.82, 2.24) is 29.9 Å². The Balaban J connectivity index is 1.63. The summed E-state index contributed by atoms with van der Waals surface area (Å²) < 4.78 is 63.2. The third kappa shape index (κ3) is 3.85. The van der Waals surface area contributed by atoms with Crippen molar-refractivity contribution in [1.29, 1.82) is 0 Å². The van der Waals surface area contributed by atoms with Crippen molar-refractivity contribution in [2.24, 2.45) is 0 Å². The molecule has 1 aliphatic rings. The molecule has 4 rings (SSSR count). The van der Waals surface area contributed by atoms with Gasteiger partial charge in [-0.3, -0.25) is 0 Å². The summed E-state index contributed by atoms with van der Waals surface area (Å²) in [5.41, 5.74) is 0.944. The third-order valence-corrected chi connectivity index (χ3v) is 5.86. The fraction of sp³-hybridized carbons (Fsp3) is 0.467. The summed E-state index contributed by atoms with van der Waals surface area (Å²) in [6, 6.07) is 1.13. The van der Waals surface area contributed by atoms with Gasteiger partial charge in [0.05, 0.1) is 11.7 Å². The van der Waals surface area contributed by atoms with Gasteiger partial charge in [0.1, 0.15) is 5.82 Å². The smallest absolute Gasteiger partial charge is 0.354 e. The number of H-pyrrole nitrogens is 1. The number of piperidine rings is 1. The number of hydrogen-bond donors (Lipinski definition) is 2. The molecule has 0 amide bonds. The molecule has 0 saturated carbocycles. The molecule has 1 fully saturated rings. The molecule has 0 spiro atoms. The highest BCUT2D eigenvalue weighted by atomic mass is 32.2. The summed E-state index contributed by atoms with van der Waals surface area (Å²) >= 11 is 0. The highest BCUT2D eigenvalue weighted by Gasteiger charge is 2.37. The minimum absolute atomic E-state index is 0.196. The van der Waals surface area contributed by atoms with Gasteiger partial charge in [-0.05, 0) is 18.9 Å². The van der Waals surface area contributed by atoms with Gasteiger partial charge in [0.15, 0.2) is 17.0 Å². The van der Waals surface area contributed by atoms with Gasteiger partial charge >= 0.3 is 6.18 Å². The normalized spacial score (nSPS) is 18.8. The summed E-state index contributed by atoms with van der Waals surface area (Å²) in [4.78, 5) is 13.2. The Kier molecular flexibility index (Phi) is 4.57. The van der Waals surface area contributed by atoms with Gasteiger partial charge in [-0.15, -0.1) is 10.2 Å². The second kappa shape index (κ2) is 6.81. The van der Waals surface area contributed by atoms with Crippen molar-refractivity contribution in [3.8, 4) is 0 Å². The molecule has 13 heteroatoms. The average molecular weight is 415 g/mol. The fourth-order valence-electron chi connectivity index (χ4n) is 3.44. The van der Waals surface area contributed by atoms with E-state index in [2.05, 4.69) is 29.9 Å². The van der Waals surface area contributed by atoms with Crippen LogP contribution in [0.25, 0.3) is 22.1 Å². The quantitative estimate of drug-likeness (QED) is 0.661. The lowest BCUT2D eigenvalue weighted by atomic mass is 10.1. The van der Waals surface area contributed by atoms with E-state index in [0.29, 0.717) is 41.9 Å². The van der Waals surface area contributed by atoms with Crippen LogP contribution in [0.3, 0.4) is 0 Å². The molecule has 9 nitrogen and oxygen atoms in total. The molecular formula is C15H16F3N7O2S. The fourth-order valence-corrected chi connectivity index (χ4v) is 4.65. The zero-order valence-corrected chi connectivity index (χ0v) is 15.3. The first-order valence-corrected chi connectivity index (χ1v) is 10.1. The van der Waals surface area contributed by atoms with Crippen LogP contribution in [0.1, 0.15) is 12.8 Å². The lowest BCUT2D eigenvalue weighted by Crippen LogP contribution is -2.49. The SMILES string of the molecule is O=S(=O)(CC(F)(F)F)NC1CCCN(c2nc[nH]c3nnc4nccc4c23)C1. The molecule has 3 aromatic rings. The lowest BCUT2D eigenvalue weighted by Gasteiger charge is -2.34. The number of alkyl halides is 3. The van der Waals surface area contributed by atoms with Crippen molar-refractivity contribution in [3.05, 3.63) is 18.6 Å². The van der Waals surface area contributed by atoms with Gasteiger partial charge in [-0.2, -0.15) is 13.2 Å². The molecule has 1 saturated heterocycles. The summed E-state index contributed by atoms with van der Waals surface area (Å²) in [5.74, 6) is -1.34. The molecule has 0 bridgehead atoms. The number of hydrogen-bond acceptors (Lipinski definition) is 7. The van der Waals surface area contributed by atoms with E-state index in [-0.39, 0.29) is 6.54 Å². The molecule has 150 valence electrons. The van der Waals surface area contributed by atoms with Crippen molar-refractivity contribution in [2.45, 2.75) is 25.1 Å². The summed E-state index contributed by atoms with van der Waals surface area (Å²) in [7, 11) is -4.47. The topological polar surface area (TPSA) is 117 Å². The van der Waals surface area contributed by atoms with Crippen LogP contribution in [-0.4, -0.2) is 64.6 Å². The van der Waals surface area contributed by atoms with Gasteiger partial charge in [0.25, 0.3) is 0 Å². The molecule has 1 atom stereocenters. The Bertz CT molecular complexity index is 1120. The first-order valence-electron chi connectivity index (χ1n) is 8.48. The van der Waals surface area contributed by atoms with Gasteiger partial charge in [0, 0.05) is 30.7 Å². The number of nitrogens with zero attached hydrogens (tertiary/aromatic N) is 5. The predicted molar refractivity (Wildman–Crippen MR) is 95.2 cm³/mol. The maximum atomic E-state index is 12.5. The molecule has 4 heterocycles. The van der Waals surface area contributed by atoms with Gasteiger partial charge in [-0.25, -0.2) is 23.1 Å². The number of nitrogens with one attached hydrogen (secondary N) is 2. The third-order valence-electron chi connectivity index (χ3n) is 4.46. The maximum Gasteiger partial charge on any atom is 0.404 e. The molecule has 1 unspecified atom stereocenters. The summed E-state index contributed by atoms with van der Waals surface area (Å²) in [6.07, 6.45) is -0.701. The van der Waals surface area contributed by atoms with E-state index in [0.717, 1.165) is 5.39 Å². The van der Waals surface area contributed by atoms with E-state index in [1.807, 2.05) is 4.90 Å². The van der Waals surface area contributed by atoms with Crippen LogP contribution < -0.4 is 9.62 Å². The Morgan fingerprint density at radius 1 is 1.29 bits per heavy atom. The number of aromatic amines is 1. The Morgan fingerprint density at radius 2 is 2.11 bits per heavy atom. The average Bonchev–Trinajstić information content (AvgIpc) is 3.07. The van der Waals surface area contributed by atoms with E-state index in [1.54, 1.807) is 12.3 Å². The minimum atomic E-state index is -4.79. The van der Waals surface area contributed by atoms with Crippen molar-refractivity contribution in [2.75, 3.05) is 23.7 Å². The summed E-state index contributed by atoms with van der Waals surface area (Å²) in [5, 5.41) is 9.52. The lowest BCUT2D eigenvalue weighted by molar-refractivity contribution is -0.106. The number of sulfonamides is 1. The largest absolute Gasteiger partial charge is 0.404 e. The van der Waals surface area contributed by atoms with E-state index in [1.165, 1.54) is 6.33 Å². The van der Waals surface area contributed by atoms with E-state index >= 15 is 0 Å². The number of rotatable bonds is 4. The van der Waals surface area contributed by atoms with Crippen LogP contribution in [0.2, 0.25) is 0 Å². The van der Waals surface area contributed by atoms with Crippen LogP contribution >= 0.6 is 0 Å². The van der Waals surface area contributed by atoms with Crippen LogP contribution in [0, 0.1) is 0 Å². The van der Waals surface area contributed by atoms with Crippen molar-refractivity contribution >= 4 is 37.9 Å². The molecule has 1 aliphatic heterocycles. The molecule has 3 aromatic heterocycles. The number of aromatic nitrogens is 5. The van der Waals surface area contributed by atoms with Crippen molar-refractivity contribution < 1.29 is 21.6 Å². The second-order valence-corrected chi connectivity index (χ2v) is 8.36. The molecule has 0 aromatic carbocycles. The van der Waals surface area contributed by atoms with Crippen LogP contribution in [-0.2, 0) is 10.0 Å². The standard InChI is InChI=1S/C15H16F3N7O2S/c16-15(17,18)7-28(26,27)24-9-2-1-5-25(6-9)14-11-10-3-4-19-12(10)22-23-13(11)20-8-21-14/h3-4,8-9,24H,1-2,5-7H2,(H,20,21,23). The molecular weight excluding hydrogens is 399 g/mol. The second-order valence-electron chi connectivity index (χ2n) is 6.61. The number of halogens is 3. The monoisotopic (exact) mass is 415 g/mol. The zero-order valence-electron chi connectivity index (χ0n) is 14.4. The van der Waals surface area contributed by atoms with E-state index in [4.69, 9.17) is 0 Å². The van der Waals surface area contributed by atoms with E-state index < -0.39 is 28.0 Å². The molecule has 2 N–H and O–H groups in total. The van der Waals surface area contributed by atoms with Crippen LogP contribution in [0.5, 0.6) is 0 Å². The van der Waals surface area contributed by atoms with E-state index in [9.17, 15) is 21.6 Å². The number of fused-ring (bicyclic) bond motifs is 3. The van der Waals surface area contributed by atoms with Crippen molar-refractivity contribution in [3.63, 3.8) is 0 Å². The zero-order chi connectivity index (χ0) is 19.9. The first-order chi connectivity index (χ1) is 13.2. The molecule has 0 radical (unpaired) electrons. The first kappa shape index (κ1) is 18.8. The highest BCUT2D eigenvalue weighted by molar-refractivity contribution is 7.89. The Hall–Kier alpha value is -2.54. The highest BCUT2D eigenvalue weighted by Crippen LogP contribution is 2.30. The van der Waals surface area contributed by atoms with Gasteiger partial charge in [-0.1, -0.05) is 0 Å².